The largest absolute Gasteiger partial charge is 0.481 e. The zero-order chi connectivity index (χ0) is 21.6. The summed E-state index contributed by atoms with van der Waals surface area (Å²) in [5.74, 6) is -0.931. The molecule has 1 amide bonds. The Balaban J connectivity index is 2.41. The number of nitrogens with one attached hydrogen (secondary N) is 2. The van der Waals surface area contributed by atoms with Crippen LogP contribution < -0.4 is 26.8 Å². The summed E-state index contributed by atoms with van der Waals surface area (Å²) >= 11 is 0. The third kappa shape index (κ3) is 6.02. The highest BCUT2D eigenvalue weighted by atomic mass is 19.1. The van der Waals surface area contributed by atoms with Gasteiger partial charge < -0.3 is 26.8 Å². The number of methoxy groups -OCH3 is 1. The van der Waals surface area contributed by atoms with Gasteiger partial charge in [0.25, 0.3) is 5.91 Å². The van der Waals surface area contributed by atoms with Crippen LogP contribution >= 0.6 is 0 Å². The van der Waals surface area contributed by atoms with E-state index in [4.69, 9.17) is 16.2 Å². The number of unbranched alkanes of at least 4 members (excludes halogenated alkanes) is 1. The molecule has 29 heavy (non-hydrogen) atoms. The number of nitrogens with two attached hydrogens (primary N) is 2. The Morgan fingerprint density at radius 1 is 1.28 bits per heavy atom. The number of primary amides is 1. The summed E-state index contributed by atoms with van der Waals surface area (Å²) in [7, 11) is 1.50. The third-order valence-corrected chi connectivity index (χ3v) is 4.47. The van der Waals surface area contributed by atoms with E-state index in [0.29, 0.717) is 17.3 Å². The molecule has 0 unspecified atom stereocenters. The molecule has 0 saturated heterocycles. The Hall–Kier alpha value is -2.94. The molecule has 0 spiro atoms. The molecule has 2 atom stereocenters. The SMILES string of the molecule is CCCC[C@@H](Nc1nc(Nc2cc(C)nc(OC)c2)c(C(N)=O)cc1F)[C@H](C)N. The zero-order valence-corrected chi connectivity index (χ0v) is 17.3. The van der Waals surface area contributed by atoms with E-state index in [9.17, 15) is 9.18 Å². The van der Waals surface area contributed by atoms with Crippen LogP contribution in [0.5, 0.6) is 5.88 Å². The maximum absolute atomic E-state index is 14.6. The van der Waals surface area contributed by atoms with Gasteiger partial charge in [0.2, 0.25) is 5.88 Å². The lowest BCUT2D eigenvalue weighted by atomic mass is 10.0. The quantitative estimate of drug-likeness (QED) is 0.479. The molecule has 0 bridgehead atoms. The molecule has 0 aliphatic carbocycles. The van der Waals surface area contributed by atoms with Crippen LogP contribution in [-0.2, 0) is 0 Å². The molecule has 0 fully saturated rings. The van der Waals surface area contributed by atoms with E-state index in [2.05, 4.69) is 27.5 Å². The van der Waals surface area contributed by atoms with Gasteiger partial charge in [0, 0.05) is 29.5 Å². The summed E-state index contributed by atoms with van der Waals surface area (Å²) < 4.78 is 19.8. The Labute approximate surface area is 170 Å². The number of ether oxygens (including phenoxy) is 1. The maximum Gasteiger partial charge on any atom is 0.252 e. The van der Waals surface area contributed by atoms with Crippen LogP contribution in [0.15, 0.2) is 18.2 Å². The molecule has 8 nitrogen and oxygen atoms in total. The van der Waals surface area contributed by atoms with Crippen molar-refractivity contribution in [3.63, 3.8) is 0 Å². The van der Waals surface area contributed by atoms with E-state index in [-0.39, 0.29) is 29.3 Å². The van der Waals surface area contributed by atoms with E-state index >= 15 is 0 Å². The molecule has 158 valence electrons. The highest BCUT2D eigenvalue weighted by molar-refractivity contribution is 5.98. The van der Waals surface area contributed by atoms with Crippen LogP contribution in [0.1, 0.15) is 49.2 Å². The van der Waals surface area contributed by atoms with Gasteiger partial charge in [0.15, 0.2) is 11.6 Å². The van der Waals surface area contributed by atoms with Crippen molar-refractivity contribution >= 4 is 23.2 Å². The average molecular weight is 404 g/mol. The molecule has 0 aliphatic rings. The Bertz CT molecular complexity index is 859. The molecule has 2 aromatic heterocycles. The lowest BCUT2D eigenvalue weighted by Crippen LogP contribution is -2.38. The van der Waals surface area contributed by atoms with Gasteiger partial charge in [0.1, 0.15) is 5.82 Å². The minimum absolute atomic E-state index is 0.00801. The third-order valence-electron chi connectivity index (χ3n) is 4.47. The second-order valence-electron chi connectivity index (χ2n) is 7.00. The van der Waals surface area contributed by atoms with Crippen LogP contribution in [0.25, 0.3) is 0 Å². The van der Waals surface area contributed by atoms with Crippen molar-refractivity contribution in [2.75, 3.05) is 17.7 Å². The molecule has 9 heteroatoms. The number of hydrogen-bond acceptors (Lipinski definition) is 7. The molecule has 2 heterocycles. The predicted molar refractivity (Wildman–Crippen MR) is 112 cm³/mol. The number of aryl methyl sites for hydroxylation is 1. The number of nitrogens with zero attached hydrogens (tertiary/aromatic N) is 2. The molecule has 0 radical (unpaired) electrons. The van der Waals surface area contributed by atoms with Crippen molar-refractivity contribution in [2.24, 2.45) is 11.5 Å². The van der Waals surface area contributed by atoms with Gasteiger partial charge in [-0.3, -0.25) is 4.79 Å². The van der Waals surface area contributed by atoms with Crippen LogP contribution in [0.2, 0.25) is 0 Å². The second kappa shape index (κ2) is 10.0. The fourth-order valence-corrected chi connectivity index (χ4v) is 2.89. The zero-order valence-electron chi connectivity index (χ0n) is 17.3. The molecule has 2 rings (SSSR count). The fraction of sp³-hybridized carbons (Fsp3) is 0.450. The number of aromatic nitrogens is 2. The molecular weight excluding hydrogens is 375 g/mol. The number of pyridine rings is 2. The Morgan fingerprint density at radius 3 is 2.59 bits per heavy atom. The van der Waals surface area contributed by atoms with Crippen LogP contribution in [-0.4, -0.2) is 35.1 Å². The van der Waals surface area contributed by atoms with Gasteiger partial charge in [-0.1, -0.05) is 19.8 Å². The van der Waals surface area contributed by atoms with Crippen LogP contribution in [0.4, 0.5) is 21.7 Å². The summed E-state index contributed by atoms with van der Waals surface area (Å²) in [6.07, 6.45) is 2.72. The lowest BCUT2D eigenvalue weighted by molar-refractivity contribution is 0.100. The minimum Gasteiger partial charge on any atom is -0.481 e. The van der Waals surface area contributed by atoms with Crippen LogP contribution in [0, 0.1) is 12.7 Å². The lowest BCUT2D eigenvalue weighted by Gasteiger charge is -2.23. The number of anilines is 3. The summed E-state index contributed by atoms with van der Waals surface area (Å²) in [6.45, 7) is 5.73. The van der Waals surface area contributed by atoms with E-state index in [1.165, 1.54) is 7.11 Å². The first-order chi connectivity index (χ1) is 13.7. The molecule has 0 saturated carbocycles. The highest BCUT2D eigenvalue weighted by Crippen LogP contribution is 2.26. The van der Waals surface area contributed by atoms with Crippen molar-refractivity contribution in [1.29, 1.82) is 0 Å². The monoisotopic (exact) mass is 404 g/mol. The highest BCUT2D eigenvalue weighted by Gasteiger charge is 2.20. The van der Waals surface area contributed by atoms with Crippen molar-refractivity contribution < 1.29 is 13.9 Å². The van der Waals surface area contributed by atoms with Gasteiger partial charge >= 0.3 is 0 Å². The first-order valence-electron chi connectivity index (χ1n) is 9.57. The second-order valence-corrected chi connectivity index (χ2v) is 7.00. The summed E-state index contributed by atoms with van der Waals surface area (Å²) in [5, 5.41) is 6.08. The number of rotatable bonds is 10. The van der Waals surface area contributed by atoms with E-state index < -0.39 is 11.7 Å². The van der Waals surface area contributed by atoms with E-state index in [1.54, 1.807) is 19.1 Å². The molecule has 0 aromatic carbocycles. The normalized spacial score (nSPS) is 12.9. The topological polar surface area (TPSA) is 128 Å². The standard InChI is InChI=1S/C20H29FN6O2/c1-5-6-7-16(12(3)22)26-20-15(21)10-14(18(23)28)19(27-20)25-13-8-11(2)24-17(9-13)29-4/h8-10,12,16H,5-7,22H2,1-4H3,(H2,23,28)(H2,24,25,26,27)/t12-,16+/m0/s1. The smallest absolute Gasteiger partial charge is 0.252 e. The minimum atomic E-state index is -0.794. The van der Waals surface area contributed by atoms with Gasteiger partial charge in [0.05, 0.1) is 12.7 Å². The van der Waals surface area contributed by atoms with Gasteiger partial charge in [-0.2, -0.15) is 0 Å². The number of carbonyl (C=O) groups excluding carboxylic acids is 1. The number of carbonyl (C=O) groups is 1. The molecule has 0 aliphatic heterocycles. The molecule has 6 N–H and O–H groups in total. The molecule has 2 aromatic rings. The summed E-state index contributed by atoms with van der Waals surface area (Å²) in [6, 6.07) is 4.09. The molecular formula is C20H29FN6O2. The Morgan fingerprint density at radius 2 is 2.00 bits per heavy atom. The predicted octanol–water partition coefficient (Wildman–Crippen LogP) is 3.09. The van der Waals surface area contributed by atoms with Gasteiger partial charge in [-0.25, -0.2) is 14.4 Å². The van der Waals surface area contributed by atoms with Gasteiger partial charge in [-0.15, -0.1) is 0 Å². The first kappa shape index (κ1) is 22.4. The maximum atomic E-state index is 14.6. The fourth-order valence-electron chi connectivity index (χ4n) is 2.89. The van der Waals surface area contributed by atoms with Crippen molar-refractivity contribution in [2.45, 2.75) is 52.1 Å². The van der Waals surface area contributed by atoms with Gasteiger partial charge in [-0.05, 0) is 32.4 Å². The number of amides is 1. The summed E-state index contributed by atoms with van der Waals surface area (Å²) in [4.78, 5) is 20.3. The van der Waals surface area contributed by atoms with Crippen molar-refractivity contribution in [1.82, 2.24) is 9.97 Å². The average Bonchev–Trinajstić information content (AvgIpc) is 2.66. The number of hydrogen-bond donors (Lipinski definition) is 4. The number of halogens is 1. The first-order valence-corrected chi connectivity index (χ1v) is 9.57. The van der Waals surface area contributed by atoms with Crippen molar-refractivity contribution in [3.8, 4) is 5.88 Å². The van der Waals surface area contributed by atoms with E-state index in [1.807, 2.05) is 6.92 Å². The van der Waals surface area contributed by atoms with E-state index in [0.717, 1.165) is 25.3 Å². The Kier molecular flexibility index (Phi) is 7.72. The van der Waals surface area contributed by atoms with Crippen molar-refractivity contribution in [3.05, 3.63) is 35.3 Å². The van der Waals surface area contributed by atoms with Crippen LogP contribution in [0.3, 0.4) is 0 Å². The summed E-state index contributed by atoms with van der Waals surface area (Å²) in [5.41, 5.74) is 12.7.